The molecule has 0 saturated carbocycles. The first kappa shape index (κ1) is 13.4. The molecule has 4 nitrogen and oxygen atoms in total. The highest BCUT2D eigenvalue weighted by Gasteiger charge is 2.12. The molecule has 0 bridgehead atoms. The number of nitrogens with zero attached hydrogens (tertiary/aromatic N) is 3. The fourth-order valence-electron chi connectivity index (χ4n) is 2.49. The number of aromatic nitrogens is 3. The monoisotopic (exact) mass is 278 g/mol. The van der Waals surface area contributed by atoms with Crippen molar-refractivity contribution < 1.29 is 0 Å². The lowest BCUT2D eigenvalue weighted by Crippen LogP contribution is -2.08. The largest absolute Gasteiger partial charge is 0.384 e. The maximum Gasteiger partial charge on any atom is 0.123 e. The third-order valence-corrected chi connectivity index (χ3v) is 3.60. The molecule has 1 aromatic carbocycles. The van der Waals surface area contributed by atoms with E-state index in [1.165, 1.54) is 5.56 Å². The lowest BCUT2D eigenvalue weighted by molar-refractivity contribution is 0.549. The Bertz CT molecular complexity index is 701. The van der Waals surface area contributed by atoms with Crippen LogP contribution < -0.4 is 5.73 Å². The Hall–Kier alpha value is -2.62. The third-order valence-electron chi connectivity index (χ3n) is 3.60. The van der Waals surface area contributed by atoms with Gasteiger partial charge in [0.15, 0.2) is 0 Å². The van der Waals surface area contributed by atoms with E-state index in [0.29, 0.717) is 11.9 Å². The molecule has 0 aliphatic heterocycles. The summed E-state index contributed by atoms with van der Waals surface area (Å²) in [5.41, 5.74) is 9.06. The van der Waals surface area contributed by atoms with E-state index < -0.39 is 0 Å². The molecule has 0 radical (unpaired) electrons. The molecule has 2 N–H and O–H groups in total. The van der Waals surface area contributed by atoms with Gasteiger partial charge in [-0.15, -0.1) is 0 Å². The van der Waals surface area contributed by atoms with Crippen LogP contribution >= 0.6 is 0 Å². The molecular formula is C17H18N4. The van der Waals surface area contributed by atoms with Gasteiger partial charge in [-0.3, -0.25) is 0 Å². The standard InChI is InChI=1S/C17H18N4/c1-13(9-14-5-3-2-4-6-14)21-12-19-11-16(21)15-7-8-17(18)20-10-15/h2-8,10-13H,9H2,1H3,(H2,18,20). The predicted molar refractivity (Wildman–Crippen MR) is 84.7 cm³/mol. The molecule has 0 fully saturated rings. The van der Waals surface area contributed by atoms with Crippen molar-refractivity contribution in [3.05, 3.63) is 66.7 Å². The SMILES string of the molecule is CC(Cc1ccccc1)n1cncc1-c1ccc(N)nc1. The molecule has 3 aromatic rings. The van der Waals surface area contributed by atoms with E-state index in [1.807, 2.05) is 30.7 Å². The summed E-state index contributed by atoms with van der Waals surface area (Å²) in [6.07, 6.45) is 6.50. The van der Waals surface area contributed by atoms with Crippen LogP contribution in [-0.2, 0) is 6.42 Å². The van der Waals surface area contributed by atoms with Gasteiger partial charge in [0, 0.05) is 17.8 Å². The minimum absolute atomic E-state index is 0.322. The van der Waals surface area contributed by atoms with Gasteiger partial charge in [0.25, 0.3) is 0 Å². The summed E-state index contributed by atoms with van der Waals surface area (Å²) < 4.78 is 2.18. The number of anilines is 1. The Morgan fingerprint density at radius 3 is 2.62 bits per heavy atom. The molecule has 0 amide bonds. The number of imidazole rings is 1. The maximum absolute atomic E-state index is 5.65. The van der Waals surface area contributed by atoms with E-state index in [-0.39, 0.29) is 0 Å². The Balaban J connectivity index is 1.86. The molecule has 2 heterocycles. The summed E-state index contributed by atoms with van der Waals surface area (Å²) in [5.74, 6) is 0.530. The van der Waals surface area contributed by atoms with Crippen LogP contribution in [0.15, 0.2) is 61.2 Å². The van der Waals surface area contributed by atoms with E-state index in [1.54, 1.807) is 6.20 Å². The van der Waals surface area contributed by atoms with E-state index >= 15 is 0 Å². The first-order valence-electron chi connectivity index (χ1n) is 7.01. The molecule has 0 aliphatic carbocycles. The van der Waals surface area contributed by atoms with Crippen LogP contribution in [0, 0.1) is 0 Å². The normalized spacial score (nSPS) is 12.2. The first-order chi connectivity index (χ1) is 10.2. The van der Waals surface area contributed by atoms with Crippen LogP contribution in [0.1, 0.15) is 18.5 Å². The van der Waals surface area contributed by atoms with Crippen LogP contribution in [0.3, 0.4) is 0 Å². The van der Waals surface area contributed by atoms with Gasteiger partial charge in [0.1, 0.15) is 5.82 Å². The summed E-state index contributed by atoms with van der Waals surface area (Å²) in [6, 6.07) is 14.6. The van der Waals surface area contributed by atoms with E-state index in [0.717, 1.165) is 17.7 Å². The minimum Gasteiger partial charge on any atom is -0.384 e. The van der Waals surface area contributed by atoms with Gasteiger partial charge >= 0.3 is 0 Å². The summed E-state index contributed by atoms with van der Waals surface area (Å²) in [6.45, 7) is 2.20. The van der Waals surface area contributed by atoms with E-state index in [4.69, 9.17) is 5.73 Å². The fraction of sp³-hybridized carbons (Fsp3) is 0.176. The molecule has 0 spiro atoms. The third kappa shape index (κ3) is 2.94. The van der Waals surface area contributed by atoms with Crippen molar-refractivity contribution in [2.45, 2.75) is 19.4 Å². The van der Waals surface area contributed by atoms with Crippen LogP contribution in [-0.4, -0.2) is 14.5 Å². The highest BCUT2D eigenvalue weighted by atomic mass is 15.1. The summed E-state index contributed by atoms with van der Waals surface area (Å²) in [5, 5.41) is 0. The van der Waals surface area contributed by atoms with Crippen molar-refractivity contribution in [1.82, 2.24) is 14.5 Å². The van der Waals surface area contributed by atoms with Crippen molar-refractivity contribution in [3.63, 3.8) is 0 Å². The minimum atomic E-state index is 0.322. The molecule has 1 atom stereocenters. The number of hydrogen-bond donors (Lipinski definition) is 1. The smallest absolute Gasteiger partial charge is 0.123 e. The number of rotatable bonds is 4. The summed E-state index contributed by atoms with van der Waals surface area (Å²) >= 11 is 0. The molecule has 3 rings (SSSR count). The second kappa shape index (κ2) is 5.79. The molecule has 4 heteroatoms. The van der Waals surface area contributed by atoms with Crippen molar-refractivity contribution in [1.29, 1.82) is 0 Å². The Morgan fingerprint density at radius 2 is 1.90 bits per heavy atom. The number of pyridine rings is 1. The average Bonchev–Trinajstić information content (AvgIpc) is 2.98. The number of benzene rings is 1. The molecule has 21 heavy (non-hydrogen) atoms. The zero-order valence-corrected chi connectivity index (χ0v) is 12.0. The number of hydrogen-bond acceptors (Lipinski definition) is 3. The Morgan fingerprint density at radius 1 is 1.10 bits per heavy atom. The number of nitrogen functional groups attached to an aromatic ring is 1. The Labute approximate surface area is 124 Å². The highest BCUT2D eigenvalue weighted by molar-refractivity contribution is 5.59. The Kier molecular flexibility index (Phi) is 3.69. The van der Waals surface area contributed by atoms with Crippen molar-refractivity contribution in [2.24, 2.45) is 0 Å². The van der Waals surface area contributed by atoms with Crippen LogP contribution in [0.25, 0.3) is 11.3 Å². The van der Waals surface area contributed by atoms with Crippen LogP contribution in [0.5, 0.6) is 0 Å². The van der Waals surface area contributed by atoms with Gasteiger partial charge < -0.3 is 10.3 Å². The fourth-order valence-corrected chi connectivity index (χ4v) is 2.49. The quantitative estimate of drug-likeness (QED) is 0.796. The summed E-state index contributed by atoms with van der Waals surface area (Å²) in [7, 11) is 0. The van der Waals surface area contributed by atoms with Gasteiger partial charge in [0.05, 0.1) is 18.2 Å². The lowest BCUT2D eigenvalue weighted by Gasteiger charge is -2.16. The first-order valence-corrected chi connectivity index (χ1v) is 7.01. The van der Waals surface area contributed by atoms with Crippen LogP contribution in [0.2, 0.25) is 0 Å². The summed E-state index contributed by atoms with van der Waals surface area (Å²) in [4.78, 5) is 8.44. The molecule has 1 unspecified atom stereocenters. The molecular weight excluding hydrogens is 260 g/mol. The maximum atomic E-state index is 5.65. The van der Waals surface area contributed by atoms with Gasteiger partial charge in [-0.25, -0.2) is 9.97 Å². The zero-order valence-electron chi connectivity index (χ0n) is 12.0. The van der Waals surface area contributed by atoms with Gasteiger partial charge in [-0.05, 0) is 31.0 Å². The number of nitrogens with two attached hydrogens (primary N) is 1. The van der Waals surface area contributed by atoms with E-state index in [2.05, 4.69) is 45.7 Å². The molecule has 106 valence electrons. The zero-order chi connectivity index (χ0) is 14.7. The molecule has 0 saturated heterocycles. The van der Waals surface area contributed by atoms with Crippen molar-refractivity contribution in [2.75, 3.05) is 5.73 Å². The molecule has 0 aliphatic rings. The van der Waals surface area contributed by atoms with E-state index in [9.17, 15) is 0 Å². The van der Waals surface area contributed by atoms with Gasteiger partial charge in [0.2, 0.25) is 0 Å². The lowest BCUT2D eigenvalue weighted by atomic mass is 10.1. The second-order valence-corrected chi connectivity index (χ2v) is 5.20. The van der Waals surface area contributed by atoms with Crippen molar-refractivity contribution >= 4 is 5.82 Å². The van der Waals surface area contributed by atoms with Crippen molar-refractivity contribution in [3.8, 4) is 11.3 Å². The second-order valence-electron chi connectivity index (χ2n) is 5.20. The molecule has 2 aromatic heterocycles. The predicted octanol–water partition coefficient (Wildman–Crippen LogP) is 3.33. The van der Waals surface area contributed by atoms with Gasteiger partial charge in [-0.1, -0.05) is 30.3 Å². The topological polar surface area (TPSA) is 56.7 Å². The highest BCUT2D eigenvalue weighted by Crippen LogP contribution is 2.24. The van der Waals surface area contributed by atoms with Crippen LogP contribution in [0.4, 0.5) is 5.82 Å². The average molecular weight is 278 g/mol. The van der Waals surface area contributed by atoms with Gasteiger partial charge in [-0.2, -0.15) is 0 Å².